The van der Waals surface area contributed by atoms with Crippen molar-refractivity contribution in [2.75, 3.05) is 35.2 Å². The Kier molecular flexibility index (Phi) is 6.31. The van der Waals surface area contributed by atoms with Crippen molar-refractivity contribution in [1.82, 2.24) is 24.7 Å². The highest BCUT2D eigenvalue weighted by Crippen LogP contribution is 2.29. The molecule has 1 fully saturated rings. The van der Waals surface area contributed by atoms with E-state index in [9.17, 15) is 0 Å². The van der Waals surface area contributed by atoms with Gasteiger partial charge in [0.1, 0.15) is 12.5 Å². The predicted molar refractivity (Wildman–Crippen MR) is 134 cm³/mol. The predicted octanol–water partition coefficient (Wildman–Crippen LogP) is 3.50. The van der Waals surface area contributed by atoms with Gasteiger partial charge in [0.05, 0.1) is 25.0 Å². The first kappa shape index (κ1) is 22.7. The fourth-order valence-corrected chi connectivity index (χ4v) is 4.06. The molecule has 0 aliphatic carbocycles. The molecule has 174 valence electrons. The Morgan fingerprint density at radius 2 is 1.94 bits per heavy atom. The number of nitrogens with zero attached hydrogens (tertiary/aromatic N) is 7. The van der Waals surface area contributed by atoms with Crippen molar-refractivity contribution in [1.29, 1.82) is 0 Å². The molecule has 9 nitrogen and oxygen atoms in total. The number of hydrogen-bond donors (Lipinski definition) is 2. The molecule has 1 unspecified atom stereocenters. The second-order valence-electron chi connectivity index (χ2n) is 8.81. The Balaban J connectivity index is 1.68. The van der Waals surface area contributed by atoms with Crippen LogP contribution in [0.5, 0.6) is 0 Å². The molecule has 1 atom stereocenters. The monoisotopic (exact) mass is 448 g/mol. The number of pyridine rings is 1. The topological polar surface area (TPSA) is 86.8 Å². The lowest BCUT2D eigenvalue weighted by Gasteiger charge is -2.31. The highest BCUT2D eigenvalue weighted by molar-refractivity contribution is 5.72. The van der Waals surface area contributed by atoms with E-state index in [0.29, 0.717) is 12.0 Å². The van der Waals surface area contributed by atoms with Crippen LogP contribution >= 0.6 is 0 Å². The highest BCUT2D eigenvalue weighted by atomic mass is 15.3. The van der Waals surface area contributed by atoms with Crippen LogP contribution in [0.4, 0.5) is 29.1 Å². The van der Waals surface area contributed by atoms with Gasteiger partial charge < -0.3 is 15.5 Å². The molecule has 0 bridgehead atoms. The van der Waals surface area contributed by atoms with Crippen molar-refractivity contribution in [3.63, 3.8) is 0 Å². The van der Waals surface area contributed by atoms with Crippen LogP contribution in [0.1, 0.15) is 36.4 Å². The Labute approximate surface area is 195 Å². The molecule has 33 heavy (non-hydrogen) atoms. The van der Waals surface area contributed by atoms with E-state index < -0.39 is 0 Å². The van der Waals surface area contributed by atoms with Crippen LogP contribution in [0, 0.1) is 20.8 Å². The zero-order valence-corrected chi connectivity index (χ0v) is 20.5. The third kappa shape index (κ3) is 4.81. The summed E-state index contributed by atoms with van der Waals surface area (Å²) in [4.78, 5) is 16.5. The molecule has 9 heteroatoms. The Hall–Kier alpha value is -3.49. The molecule has 4 heterocycles. The summed E-state index contributed by atoms with van der Waals surface area (Å²) in [5, 5.41) is 11.3. The summed E-state index contributed by atoms with van der Waals surface area (Å²) in [5.74, 6) is 2.72. The van der Waals surface area contributed by atoms with Gasteiger partial charge in [-0.1, -0.05) is 6.92 Å². The summed E-state index contributed by atoms with van der Waals surface area (Å²) in [6, 6.07) is 4.42. The van der Waals surface area contributed by atoms with Crippen LogP contribution in [0.3, 0.4) is 0 Å². The van der Waals surface area contributed by atoms with Crippen molar-refractivity contribution < 1.29 is 4.58 Å². The van der Waals surface area contributed by atoms with Crippen molar-refractivity contribution in [3.05, 3.63) is 40.8 Å². The van der Waals surface area contributed by atoms with E-state index in [0.717, 1.165) is 60.6 Å². The normalized spacial score (nSPS) is 16.2. The molecular weight excluding hydrogens is 414 g/mol. The summed E-state index contributed by atoms with van der Waals surface area (Å²) >= 11 is 0. The van der Waals surface area contributed by atoms with Gasteiger partial charge in [0.2, 0.25) is 5.95 Å². The standard InChI is InChI=1S/C24H34N9/c1-8-19-12-21(26-18(5)17(19)4)28-24-25-13-20(33-10-9-31(6)16(3)14-33)23(29-24)27-22-11-15(2)32(7)30-22/h11-13,16H,6,8-10,14H2,1-5,7H3,(H2,25,26,27,28,29,30)/q+1. The molecule has 0 amide bonds. The third-order valence-electron chi connectivity index (χ3n) is 6.48. The van der Waals surface area contributed by atoms with E-state index in [1.54, 1.807) is 0 Å². The van der Waals surface area contributed by atoms with Crippen molar-refractivity contribution in [2.45, 2.75) is 47.1 Å². The molecular formula is C24H34N9+. The quantitative estimate of drug-likeness (QED) is 0.558. The van der Waals surface area contributed by atoms with Crippen LogP contribution in [-0.2, 0) is 13.5 Å². The van der Waals surface area contributed by atoms with E-state index >= 15 is 0 Å². The summed E-state index contributed by atoms with van der Waals surface area (Å²) in [6.45, 7) is 17.2. The number of nitrogens with one attached hydrogen (secondary N) is 2. The number of rotatable bonds is 6. The third-order valence-corrected chi connectivity index (χ3v) is 6.48. The minimum absolute atomic E-state index is 0.341. The van der Waals surface area contributed by atoms with E-state index in [1.807, 2.05) is 37.8 Å². The molecule has 3 aromatic rings. The minimum atomic E-state index is 0.341. The lowest BCUT2D eigenvalue weighted by molar-refractivity contribution is -0.556. The van der Waals surface area contributed by atoms with Crippen LogP contribution < -0.4 is 15.5 Å². The first-order chi connectivity index (χ1) is 15.7. The van der Waals surface area contributed by atoms with Crippen molar-refractivity contribution >= 4 is 35.8 Å². The van der Waals surface area contributed by atoms with E-state index in [1.165, 1.54) is 11.1 Å². The van der Waals surface area contributed by atoms with Crippen LogP contribution in [0.15, 0.2) is 18.3 Å². The van der Waals surface area contributed by atoms with Crippen LogP contribution in [-0.4, -0.2) is 61.7 Å². The number of piperazine rings is 1. The molecule has 0 aromatic carbocycles. The van der Waals surface area contributed by atoms with Gasteiger partial charge >= 0.3 is 0 Å². The lowest BCUT2D eigenvalue weighted by atomic mass is 10.1. The van der Waals surface area contributed by atoms with E-state index in [4.69, 9.17) is 4.98 Å². The second kappa shape index (κ2) is 9.17. The largest absolute Gasteiger partial charge is 0.354 e. The zero-order valence-electron chi connectivity index (χ0n) is 20.5. The van der Waals surface area contributed by atoms with Crippen LogP contribution in [0.2, 0.25) is 0 Å². The summed E-state index contributed by atoms with van der Waals surface area (Å²) in [6.07, 6.45) is 2.83. The summed E-state index contributed by atoms with van der Waals surface area (Å²) < 4.78 is 3.97. The van der Waals surface area contributed by atoms with Gasteiger partial charge in [-0.15, -0.1) is 0 Å². The van der Waals surface area contributed by atoms with Crippen LogP contribution in [0.25, 0.3) is 0 Å². The molecule has 0 saturated carbocycles. The summed E-state index contributed by atoms with van der Waals surface area (Å²) in [7, 11) is 1.93. The van der Waals surface area contributed by atoms with Gasteiger partial charge in [0.15, 0.2) is 24.2 Å². The van der Waals surface area contributed by atoms with Gasteiger partial charge in [-0.3, -0.25) is 4.68 Å². The zero-order chi connectivity index (χ0) is 23.7. The first-order valence-electron chi connectivity index (χ1n) is 11.5. The molecule has 1 aliphatic heterocycles. The first-order valence-corrected chi connectivity index (χ1v) is 11.5. The Morgan fingerprint density at radius 1 is 1.15 bits per heavy atom. The molecule has 0 radical (unpaired) electrons. The fraction of sp³-hybridized carbons (Fsp3) is 0.458. The van der Waals surface area contributed by atoms with E-state index in [2.05, 4.69) is 68.7 Å². The maximum absolute atomic E-state index is 4.84. The van der Waals surface area contributed by atoms with Gasteiger partial charge in [-0.25, -0.2) is 14.5 Å². The highest BCUT2D eigenvalue weighted by Gasteiger charge is 2.27. The van der Waals surface area contributed by atoms with Gasteiger partial charge in [-0.2, -0.15) is 10.1 Å². The average molecular weight is 449 g/mol. The number of aromatic nitrogens is 5. The van der Waals surface area contributed by atoms with E-state index in [-0.39, 0.29) is 0 Å². The molecule has 0 spiro atoms. The van der Waals surface area contributed by atoms with Crippen molar-refractivity contribution in [3.8, 4) is 0 Å². The molecule has 4 rings (SSSR count). The average Bonchev–Trinajstić information content (AvgIpc) is 3.09. The molecule has 2 N–H and O–H groups in total. The Bertz CT molecular complexity index is 1160. The minimum Gasteiger partial charge on any atom is -0.354 e. The SMILES string of the molecule is C=[N+]1CCN(c2cnc(Nc3cc(CC)c(C)c(C)n3)nc2Nc2cc(C)n(C)n2)CC1C. The lowest BCUT2D eigenvalue weighted by Crippen LogP contribution is -2.47. The molecule has 1 aliphatic rings. The molecule has 1 saturated heterocycles. The maximum Gasteiger partial charge on any atom is 0.230 e. The number of anilines is 5. The number of aryl methyl sites for hydroxylation is 4. The fourth-order valence-electron chi connectivity index (χ4n) is 4.06. The second-order valence-corrected chi connectivity index (χ2v) is 8.81. The summed E-state index contributed by atoms with van der Waals surface area (Å²) in [5.41, 5.74) is 5.52. The van der Waals surface area contributed by atoms with Gasteiger partial charge in [0.25, 0.3) is 0 Å². The number of hydrogen-bond acceptors (Lipinski definition) is 7. The Morgan fingerprint density at radius 3 is 2.61 bits per heavy atom. The van der Waals surface area contributed by atoms with Gasteiger partial charge in [0, 0.05) is 24.5 Å². The maximum atomic E-state index is 4.84. The van der Waals surface area contributed by atoms with Gasteiger partial charge in [-0.05, 0) is 51.3 Å². The van der Waals surface area contributed by atoms with Crippen molar-refractivity contribution in [2.24, 2.45) is 7.05 Å². The molecule has 3 aromatic heterocycles. The smallest absolute Gasteiger partial charge is 0.230 e.